The zero-order chi connectivity index (χ0) is 18.0. The van der Waals surface area contributed by atoms with Crippen LogP contribution < -0.4 is 5.32 Å². The standard InChI is InChI=1S/C15H19N5O3S2/c1-8-4-5-9-10(6-8)25-13(12(9)14(22)23-3)16-11(21)7-24-15-17-18-19-20(15)2/h8H,4-7H2,1-3H3,(H,16,21)/t8-/m1/s1. The second-order valence-electron chi connectivity index (χ2n) is 5.97. The average molecular weight is 381 g/mol. The zero-order valence-corrected chi connectivity index (χ0v) is 15.9. The van der Waals surface area contributed by atoms with Crippen LogP contribution in [-0.2, 0) is 29.4 Å². The number of thioether (sulfide) groups is 1. The van der Waals surface area contributed by atoms with Crippen molar-refractivity contribution in [3.8, 4) is 0 Å². The van der Waals surface area contributed by atoms with E-state index >= 15 is 0 Å². The van der Waals surface area contributed by atoms with Crippen LogP contribution in [0.5, 0.6) is 0 Å². The van der Waals surface area contributed by atoms with E-state index in [0.717, 1.165) is 24.8 Å². The Kier molecular flexibility index (Phi) is 5.38. The van der Waals surface area contributed by atoms with Gasteiger partial charge >= 0.3 is 5.97 Å². The molecular weight excluding hydrogens is 362 g/mol. The third kappa shape index (κ3) is 3.84. The molecule has 1 N–H and O–H groups in total. The van der Waals surface area contributed by atoms with E-state index in [9.17, 15) is 9.59 Å². The van der Waals surface area contributed by atoms with Crippen molar-refractivity contribution in [3.05, 3.63) is 16.0 Å². The second-order valence-corrected chi connectivity index (χ2v) is 8.02. The minimum absolute atomic E-state index is 0.161. The lowest BCUT2D eigenvalue weighted by atomic mass is 9.88. The molecule has 3 rings (SSSR count). The molecule has 1 aliphatic carbocycles. The van der Waals surface area contributed by atoms with Crippen LogP contribution in [0.2, 0.25) is 0 Å². The van der Waals surface area contributed by atoms with Gasteiger partial charge in [-0.25, -0.2) is 9.48 Å². The first-order chi connectivity index (χ1) is 12.0. The molecule has 2 aromatic heterocycles. The summed E-state index contributed by atoms with van der Waals surface area (Å²) in [7, 11) is 3.07. The van der Waals surface area contributed by atoms with Crippen LogP contribution in [0.1, 0.15) is 34.1 Å². The van der Waals surface area contributed by atoms with E-state index < -0.39 is 5.97 Å². The van der Waals surface area contributed by atoms with Crippen LogP contribution in [0.4, 0.5) is 5.00 Å². The third-order valence-corrected chi connectivity index (χ3v) is 6.25. The molecule has 0 saturated heterocycles. The summed E-state index contributed by atoms with van der Waals surface area (Å²) in [5.41, 5.74) is 1.53. The van der Waals surface area contributed by atoms with Crippen molar-refractivity contribution in [1.82, 2.24) is 20.2 Å². The van der Waals surface area contributed by atoms with Crippen molar-refractivity contribution >= 4 is 40.0 Å². The molecular formula is C15H19N5O3S2. The quantitative estimate of drug-likeness (QED) is 0.624. The van der Waals surface area contributed by atoms with Crippen LogP contribution >= 0.6 is 23.1 Å². The molecule has 2 heterocycles. The first-order valence-electron chi connectivity index (χ1n) is 7.87. The molecule has 0 unspecified atom stereocenters. The number of aromatic nitrogens is 4. The number of nitrogens with one attached hydrogen (secondary N) is 1. The number of ether oxygens (including phenoxy) is 1. The van der Waals surface area contributed by atoms with Crippen molar-refractivity contribution < 1.29 is 14.3 Å². The number of methoxy groups -OCH3 is 1. The number of rotatable bonds is 5. The van der Waals surface area contributed by atoms with E-state index in [2.05, 4.69) is 27.8 Å². The van der Waals surface area contributed by atoms with Gasteiger partial charge in [0.1, 0.15) is 5.00 Å². The van der Waals surface area contributed by atoms with Crippen LogP contribution in [0, 0.1) is 5.92 Å². The smallest absolute Gasteiger partial charge is 0.341 e. The summed E-state index contributed by atoms with van der Waals surface area (Å²) >= 11 is 2.72. The van der Waals surface area contributed by atoms with Crippen molar-refractivity contribution in [1.29, 1.82) is 0 Å². The van der Waals surface area contributed by atoms with Gasteiger partial charge in [0.15, 0.2) is 0 Å². The van der Waals surface area contributed by atoms with Crippen LogP contribution in [0.25, 0.3) is 0 Å². The van der Waals surface area contributed by atoms with Gasteiger partial charge in [-0.1, -0.05) is 18.7 Å². The summed E-state index contributed by atoms with van der Waals surface area (Å²) in [5.74, 6) is 0.143. The van der Waals surface area contributed by atoms with E-state index in [1.165, 1.54) is 39.8 Å². The van der Waals surface area contributed by atoms with Crippen molar-refractivity contribution in [3.63, 3.8) is 0 Å². The topological polar surface area (TPSA) is 99.0 Å². The maximum absolute atomic E-state index is 12.3. The number of tetrazole rings is 1. The zero-order valence-electron chi connectivity index (χ0n) is 14.2. The van der Waals surface area contributed by atoms with Crippen LogP contribution in [0.3, 0.4) is 0 Å². The number of hydrogen-bond donors (Lipinski definition) is 1. The second kappa shape index (κ2) is 7.52. The molecule has 0 aliphatic heterocycles. The van der Waals surface area contributed by atoms with Crippen LogP contribution in [-0.4, -0.2) is 44.9 Å². The van der Waals surface area contributed by atoms with Gasteiger partial charge in [-0.15, -0.1) is 16.4 Å². The molecule has 10 heteroatoms. The van der Waals surface area contributed by atoms with Gasteiger partial charge in [0, 0.05) is 11.9 Å². The number of hydrogen-bond acceptors (Lipinski definition) is 8. The van der Waals surface area contributed by atoms with E-state index in [1.807, 2.05) is 0 Å². The van der Waals surface area contributed by atoms with Crippen molar-refractivity contribution in [2.75, 3.05) is 18.2 Å². The molecule has 1 amide bonds. The van der Waals surface area contributed by atoms with Crippen molar-refractivity contribution in [2.24, 2.45) is 13.0 Å². The van der Waals surface area contributed by atoms with Crippen molar-refractivity contribution in [2.45, 2.75) is 31.3 Å². The lowest BCUT2D eigenvalue weighted by Crippen LogP contribution is -2.17. The first kappa shape index (κ1) is 17.9. The van der Waals surface area contributed by atoms with Gasteiger partial charge in [0.05, 0.1) is 18.4 Å². The molecule has 0 radical (unpaired) electrons. The Morgan fingerprint density at radius 3 is 2.96 bits per heavy atom. The molecule has 0 aromatic carbocycles. The molecule has 1 aliphatic rings. The lowest BCUT2D eigenvalue weighted by Gasteiger charge is -2.18. The Balaban J connectivity index is 1.76. The molecule has 0 spiro atoms. The number of fused-ring (bicyclic) bond motifs is 1. The largest absolute Gasteiger partial charge is 0.465 e. The third-order valence-electron chi connectivity index (χ3n) is 4.07. The van der Waals surface area contributed by atoms with E-state index in [0.29, 0.717) is 21.6 Å². The summed E-state index contributed by atoms with van der Waals surface area (Å²) in [4.78, 5) is 25.7. The maximum atomic E-state index is 12.3. The Morgan fingerprint density at radius 2 is 2.28 bits per heavy atom. The molecule has 25 heavy (non-hydrogen) atoms. The number of esters is 1. The fourth-order valence-corrected chi connectivity index (χ4v) is 4.86. The Labute approximate surface area is 153 Å². The molecule has 0 fully saturated rings. The highest BCUT2D eigenvalue weighted by atomic mass is 32.2. The normalized spacial score (nSPS) is 16.4. The molecule has 0 bridgehead atoms. The average Bonchev–Trinajstić information content (AvgIpc) is 3.14. The van der Waals surface area contributed by atoms with Gasteiger partial charge in [-0.3, -0.25) is 4.79 Å². The SMILES string of the molecule is COC(=O)c1c(NC(=O)CSc2nnnn2C)sc2c1CC[C@@H](C)C2. The number of aryl methyl sites for hydroxylation is 1. The molecule has 0 saturated carbocycles. The highest BCUT2D eigenvalue weighted by molar-refractivity contribution is 7.99. The van der Waals surface area contributed by atoms with Gasteiger partial charge in [0.2, 0.25) is 11.1 Å². The number of carbonyl (C=O) groups is 2. The number of amides is 1. The lowest BCUT2D eigenvalue weighted by molar-refractivity contribution is -0.113. The monoisotopic (exact) mass is 381 g/mol. The highest BCUT2D eigenvalue weighted by Gasteiger charge is 2.28. The summed E-state index contributed by atoms with van der Waals surface area (Å²) in [6.07, 6.45) is 2.81. The van der Waals surface area contributed by atoms with Gasteiger partial charge in [0.25, 0.3) is 0 Å². The summed E-state index contributed by atoms with van der Waals surface area (Å²) in [5, 5.41) is 15.1. The summed E-state index contributed by atoms with van der Waals surface area (Å²) in [6, 6.07) is 0. The van der Waals surface area contributed by atoms with E-state index in [-0.39, 0.29) is 11.7 Å². The minimum Gasteiger partial charge on any atom is -0.465 e. The summed E-state index contributed by atoms with van der Waals surface area (Å²) < 4.78 is 6.43. The number of carbonyl (C=O) groups excluding carboxylic acids is 2. The van der Waals surface area contributed by atoms with Crippen LogP contribution in [0.15, 0.2) is 5.16 Å². The number of thiophene rings is 1. The van der Waals surface area contributed by atoms with Gasteiger partial charge in [-0.05, 0) is 41.2 Å². The number of nitrogens with zero attached hydrogens (tertiary/aromatic N) is 4. The van der Waals surface area contributed by atoms with E-state index in [1.54, 1.807) is 7.05 Å². The Hall–Kier alpha value is -1.94. The molecule has 1 atom stereocenters. The Morgan fingerprint density at radius 1 is 1.48 bits per heavy atom. The van der Waals surface area contributed by atoms with Gasteiger partial charge < -0.3 is 10.1 Å². The first-order valence-corrected chi connectivity index (χ1v) is 9.67. The minimum atomic E-state index is -0.396. The summed E-state index contributed by atoms with van der Waals surface area (Å²) in [6.45, 7) is 2.20. The fraction of sp³-hybridized carbons (Fsp3) is 0.533. The molecule has 8 nitrogen and oxygen atoms in total. The Bertz CT molecular complexity index is 801. The fourth-order valence-electron chi connectivity index (χ4n) is 2.79. The molecule has 2 aromatic rings. The predicted octanol–water partition coefficient (Wildman–Crippen LogP) is 1.91. The highest BCUT2D eigenvalue weighted by Crippen LogP contribution is 2.40. The maximum Gasteiger partial charge on any atom is 0.341 e. The molecule has 134 valence electrons. The predicted molar refractivity (Wildman–Crippen MR) is 95.0 cm³/mol. The number of anilines is 1. The van der Waals surface area contributed by atoms with E-state index in [4.69, 9.17) is 4.74 Å². The van der Waals surface area contributed by atoms with Gasteiger partial charge in [-0.2, -0.15) is 0 Å².